The van der Waals surface area contributed by atoms with Crippen LogP contribution in [0.15, 0.2) is 42.5 Å². The summed E-state index contributed by atoms with van der Waals surface area (Å²) in [7, 11) is 0. The van der Waals surface area contributed by atoms with E-state index in [1.165, 1.54) is 18.2 Å². The zero-order chi connectivity index (χ0) is 17.3. The average molecular weight is 347 g/mol. The Labute approximate surface area is 144 Å². The SMILES string of the molecule is Cc1ccc(N2C[C@@H](C(=O)Nc3cccc(F)c3)CC2=O)cc1Cl. The minimum absolute atomic E-state index is 0.118. The zero-order valence-corrected chi connectivity index (χ0v) is 13.8. The summed E-state index contributed by atoms with van der Waals surface area (Å²) in [5.74, 6) is -1.34. The molecule has 6 heteroatoms. The smallest absolute Gasteiger partial charge is 0.229 e. The fourth-order valence-electron chi connectivity index (χ4n) is 2.69. The van der Waals surface area contributed by atoms with Crippen LogP contribution in [0.25, 0.3) is 0 Å². The second kappa shape index (κ2) is 6.61. The van der Waals surface area contributed by atoms with Crippen LogP contribution in [0.5, 0.6) is 0 Å². The van der Waals surface area contributed by atoms with Crippen LogP contribution in [0.4, 0.5) is 15.8 Å². The topological polar surface area (TPSA) is 49.4 Å². The molecule has 0 aromatic heterocycles. The van der Waals surface area contributed by atoms with Gasteiger partial charge in [-0.2, -0.15) is 0 Å². The number of carbonyl (C=O) groups excluding carboxylic acids is 2. The van der Waals surface area contributed by atoms with Crippen molar-refractivity contribution in [2.45, 2.75) is 13.3 Å². The Morgan fingerprint density at radius 1 is 1.29 bits per heavy atom. The quantitative estimate of drug-likeness (QED) is 0.919. The number of nitrogens with zero attached hydrogens (tertiary/aromatic N) is 1. The normalized spacial score (nSPS) is 17.2. The Hall–Kier alpha value is -2.40. The average Bonchev–Trinajstić information content (AvgIpc) is 2.92. The van der Waals surface area contributed by atoms with Gasteiger partial charge in [0.15, 0.2) is 0 Å². The predicted octanol–water partition coefficient (Wildman–Crippen LogP) is 3.78. The third-order valence-electron chi connectivity index (χ3n) is 4.06. The number of nitrogens with one attached hydrogen (secondary N) is 1. The molecule has 0 aliphatic carbocycles. The van der Waals surface area contributed by atoms with Gasteiger partial charge in [-0.3, -0.25) is 9.59 Å². The van der Waals surface area contributed by atoms with Crippen molar-refractivity contribution in [3.8, 4) is 0 Å². The van der Waals surface area contributed by atoms with E-state index in [0.29, 0.717) is 16.4 Å². The van der Waals surface area contributed by atoms with Crippen LogP contribution < -0.4 is 10.2 Å². The van der Waals surface area contributed by atoms with Crippen LogP contribution >= 0.6 is 11.6 Å². The van der Waals surface area contributed by atoms with Gasteiger partial charge in [-0.15, -0.1) is 0 Å². The molecule has 1 aliphatic rings. The molecule has 1 atom stereocenters. The van der Waals surface area contributed by atoms with Crippen molar-refractivity contribution >= 4 is 34.8 Å². The lowest BCUT2D eigenvalue weighted by Gasteiger charge is -2.17. The minimum atomic E-state index is -0.485. The van der Waals surface area contributed by atoms with E-state index in [2.05, 4.69) is 5.32 Å². The summed E-state index contributed by atoms with van der Waals surface area (Å²) in [4.78, 5) is 26.1. The fraction of sp³-hybridized carbons (Fsp3) is 0.222. The van der Waals surface area contributed by atoms with Gasteiger partial charge in [-0.1, -0.05) is 23.7 Å². The van der Waals surface area contributed by atoms with Crippen LogP contribution in [0.2, 0.25) is 5.02 Å². The van der Waals surface area contributed by atoms with Crippen molar-refractivity contribution in [3.05, 3.63) is 58.9 Å². The number of hydrogen-bond acceptors (Lipinski definition) is 2. The number of aryl methyl sites for hydroxylation is 1. The van der Waals surface area contributed by atoms with E-state index in [4.69, 9.17) is 11.6 Å². The largest absolute Gasteiger partial charge is 0.326 e. The summed E-state index contributed by atoms with van der Waals surface area (Å²) in [5, 5.41) is 3.23. The maximum Gasteiger partial charge on any atom is 0.229 e. The molecular weight excluding hydrogens is 331 g/mol. The van der Waals surface area contributed by atoms with Gasteiger partial charge in [0.25, 0.3) is 0 Å². The van der Waals surface area contributed by atoms with E-state index in [9.17, 15) is 14.0 Å². The second-order valence-electron chi connectivity index (χ2n) is 5.84. The van der Waals surface area contributed by atoms with Crippen molar-refractivity contribution in [3.63, 3.8) is 0 Å². The van der Waals surface area contributed by atoms with E-state index in [-0.39, 0.29) is 24.8 Å². The molecule has 1 N–H and O–H groups in total. The molecule has 0 radical (unpaired) electrons. The molecule has 2 amide bonds. The first-order valence-corrected chi connectivity index (χ1v) is 7.95. The highest BCUT2D eigenvalue weighted by molar-refractivity contribution is 6.31. The number of hydrogen-bond donors (Lipinski definition) is 1. The highest BCUT2D eigenvalue weighted by Crippen LogP contribution is 2.29. The van der Waals surface area contributed by atoms with Crippen molar-refractivity contribution in [1.29, 1.82) is 0 Å². The monoisotopic (exact) mass is 346 g/mol. The van der Waals surface area contributed by atoms with Crippen LogP contribution in [0.3, 0.4) is 0 Å². The summed E-state index contributed by atoms with van der Waals surface area (Å²) >= 11 is 6.11. The molecule has 0 unspecified atom stereocenters. The van der Waals surface area contributed by atoms with Crippen LogP contribution in [-0.2, 0) is 9.59 Å². The molecule has 1 saturated heterocycles. The molecule has 0 bridgehead atoms. The lowest BCUT2D eigenvalue weighted by atomic mass is 10.1. The van der Waals surface area contributed by atoms with Gasteiger partial charge in [0.05, 0.1) is 5.92 Å². The molecule has 0 spiro atoms. The van der Waals surface area contributed by atoms with E-state index >= 15 is 0 Å². The van der Waals surface area contributed by atoms with Crippen molar-refractivity contribution < 1.29 is 14.0 Å². The summed E-state index contributed by atoms with van der Waals surface area (Å²) < 4.78 is 13.2. The van der Waals surface area contributed by atoms with Gasteiger partial charge in [-0.25, -0.2) is 4.39 Å². The molecule has 1 fully saturated rings. The number of anilines is 2. The minimum Gasteiger partial charge on any atom is -0.326 e. The Morgan fingerprint density at radius 2 is 2.08 bits per heavy atom. The molecule has 4 nitrogen and oxygen atoms in total. The fourth-order valence-corrected chi connectivity index (χ4v) is 2.87. The highest BCUT2D eigenvalue weighted by atomic mass is 35.5. The molecule has 124 valence electrons. The maximum atomic E-state index is 13.2. The van der Waals surface area contributed by atoms with E-state index in [0.717, 1.165) is 5.56 Å². The molecule has 1 aliphatic heterocycles. The van der Waals surface area contributed by atoms with Gasteiger partial charge in [0, 0.05) is 29.4 Å². The van der Waals surface area contributed by atoms with Gasteiger partial charge in [-0.05, 0) is 42.8 Å². The van der Waals surface area contributed by atoms with Crippen LogP contribution in [0.1, 0.15) is 12.0 Å². The molecule has 2 aromatic rings. The van der Waals surface area contributed by atoms with Crippen molar-refractivity contribution in [1.82, 2.24) is 0 Å². The third kappa shape index (κ3) is 3.41. The number of amides is 2. The van der Waals surface area contributed by atoms with Crippen molar-refractivity contribution in [2.75, 3.05) is 16.8 Å². The summed E-state index contributed by atoms with van der Waals surface area (Å²) in [6.07, 6.45) is 0.118. The van der Waals surface area contributed by atoms with E-state index in [1.807, 2.05) is 19.1 Å². The lowest BCUT2D eigenvalue weighted by Crippen LogP contribution is -2.28. The molecule has 2 aromatic carbocycles. The number of halogens is 2. The Morgan fingerprint density at radius 3 is 2.79 bits per heavy atom. The first kappa shape index (κ1) is 16.5. The van der Waals surface area contributed by atoms with Crippen molar-refractivity contribution in [2.24, 2.45) is 5.92 Å². The molecule has 24 heavy (non-hydrogen) atoms. The van der Waals surface area contributed by atoms with Gasteiger partial charge in [0.2, 0.25) is 11.8 Å². The van der Waals surface area contributed by atoms with E-state index in [1.54, 1.807) is 17.0 Å². The Bertz CT molecular complexity index is 809. The zero-order valence-electron chi connectivity index (χ0n) is 13.1. The Kier molecular flexibility index (Phi) is 4.53. The number of carbonyl (C=O) groups is 2. The predicted molar refractivity (Wildman–Crippen MR) is 91.7 cm³/mol. The van der Waals surface area contributed by atoms with Gasteiger partial charge < -0.3 is 10.2 Å². The Balaban J connectivity index is 1.72. The number of rotatable bonds is 3. The number of benzene rings is 2. The summed E-state index contributed by atoms with van der Waals surface area (Å²) in [6, 6.07) is 11.0. The first-order chi connectivity index (χ1) is 11.4. The summed E-state index contributed by atoms with van der Waals surface area (Å²) in [6.45, 7) is 2.16. The molecule has 3 rings (SSSR count). The molecule has 0 saturated carbocycles. The molecule has 1 heterocycles. The van der Waals surface area contributed by atoms with E-state index < -0.39 is 11.7 Å². The van der Waals surface area contributed by atoms with Crippen LogP contribution in [-0.4, -0.2) is 18.4 Å². The first-order valence-electron chi connectivity index (χ1n) is 7.57. The lowest BCUT2D eigenvalue weighted by molar-refractivity contribution is -0.122. The standard InChI is InChI=1S/C18H16ClFN2O2/c1-11-5-6-15(9-16(11)19)22-10-12(7-17(22)23)18(24)21-14-4-2-3-13(20)8-14/h2-6,8-9,12H,7,10H2,1H3,(H,21,24)/t12-/m0/s1. The van der Waals surface area contributed by atoms with Crippen LogP contribution in [0, 0.1) is 18.7 Å². The third-order valence-corrected chi connectivity index (χ3v) is 4.46. The van der Waals surface area contributed by atoms with Gasteiger partial charge in [0.1, 0.15) is 5.82 Å². The maximum absolute atomic E-state index is 13.2. The second-order valence-corrected chi connectivity index (χ2v) is 6.25. The molecular formula is C18H16ClFN2O2. The van der Waals surface area contributed by atoms with Gasteiger partial charge >= 0.3 is 0 Å². The summed E-state index contributed by atoms with van der Waals surface area (Å²) in [5.41, 5.74) is 1.98. The highest BCUT2D eigenvalue weighted by Gasteiger charge is 2.35.